The van der Waals surface area contributed by atoms with Gasteiger partial charge in [-0.15, -0.1) is 0 Å². The van der Waals surface area contributed by atoms with Crippen molar-refractivity contribution in [2.24, 2.45) is 0 Å². The number of carbonyl (C=O) groups excluding carboxylic acids is 1. The van der Waals surface area contributed by atoms with E-state index < -0.39 is 6.09 Å². The summed E-state index contributed by atoms with van der Waals surface area (Å²) in [6.07, 6.45) is -0.604. The van der Waals surface area contributed by atoms with Gasteiger partial charge in [-0.25, -0.2) is 4.79 Å². The van der Waals surface area contributed by atoms with E-state index in [0.29, 0.717) is 0 Å². The van der Waals surface area contributed by atoms with Crippen molar-refractivity contribution >= 4 is 6.09 Å². The maximum absolute atomic E-state index is 10.3. The van der Waals surface area contributed by atoms with E-state index in [1.807, 2.05) is 0 Å². The Bertz CT molecular complexity index is 92.2. The summed E-state index contributed by atoms with van der Waals surface area (Å²) in [5.74, 6) is 0. The van der Waals surface area contributed by atoms with E-state index >= 15 is 0 Å². The minimum Gasteiger partial charge on any atom is -0.451 e. The van der Waals surface area contributed by atoms with Gasteiger partial charge < -0.3 is 4.74 Å². The van der Waals surface area contributed by atoms with Gasteiger partial charge in [0.25, 0.3) is 0 Å². The first-order valence-corrected chi connectivity index (χ1v) is 2.66. The third-order valence-corrected chi connectivity index (χ3v) is 0.563. The SMILES string of the molecule is COC(=O)NOC(C)C. The van der Waals surface area contributed by atoms with Crippen LogP contribution in [0.25, 0.3) is 0 Å². The van der Waals surface area contributed by atoms with Crippen LogP contribution in [0.3, 0.4) is 0 Å². The number of carbonyl (C=O) groups is 1. The summed E-state index contributed by atoms with van der Waals surface area (Å²) < 4.78 is 4.23. The number of hydroxylamine groups is 1. The number of nitrogens with one attached hydrogen (secondary N) is 1. The topological polar surface area (TPSA) is 47.6 Å². The maximum atomic E-state index is 10.3. The molecule has 0 aromatic heterocycles. The molecule has 4 nitrogen and oxygen atoms in total. The van der Waals surface area contributed by atoms with Crippen LogP contribution in [-0.2, 0) is 9.57 Å². The Hall–Kier alpha value is -0.770. The molecule has 0 heterocycles. The molecule has 0 aliphatic heterocycles. The molecule has 0 aromatic rings. The van der Waals surface area contributed by atoms with Crippen LogP contribution in [0.15, 0.2) is 0 Å². The fourth-order valence-corrected chi connectivity index (χ4v) is 0.208. The molecule has 0 saturated heterocycles. The predicted molar refractivity (Wildman–Crippen MR) is 31.8 cm³/mol. The van der Waals surface area contributed by atoms with E-state index in [-0.39, 0.29) is 6.10 Å². The fourth-order valence-electron chi connectivity index (χ4n) is 0.208. The molecule has 0 aliphatic carbocycles. The monoisotopic (exact) mass is 133 g/mol. The molecule has 0 rings (SSSR count). The van der Waals surface area contributed by atoms with Crippen LogP contribution >= 0.6 is 0 Å². The summed E-state index contributed by atoms with van der Waals surface area (Å²) >= 11 is 0. The van der Waals surface area contributed by atoms with Crippen molar-refractivity contribution in [3.63, 3.8) is 0 Å². The van der Waals surface area contributed by atoms with Gasteiger partial charge in [0.05, 0.1) is 13.2 Å². The van der Waals surface area contributed by atoms with Crippen molar-refractivity contribution in [2.45, 2.75) is 20.0 Å². The highest BCUT2D eigenvalue weighted by atomic mass is 16.7. The highest BCUT2D eigenvalue weighted by Gasteiger charge is 1.98. The zero-order valence-corrected chi connectivity index (χ0v) is 5.80. The van der Waals surface area contributed by atoms with Gasteiger partial charge in [0.15, 0.2) is 0 Å². The third kappa shape index (κ3) is 5.10. The van der Waals surface area contributed by atoms with Gasteiger partial charge in [-0.3, -0.25) is 4.84 Å². The molecular formula is C5H11NO3. The predicted octanol–water partition coefficient (Wildman–Crippen LogP) is 0.682. The molecular weight excluding hydrogens is 122 g/mol. The highest BCUT2D eigenvalue weighted by molar-refractivity contribution is 5.65. The van der Waals surface area contributed by atoms with Crippen LogP contribution in [0.5, 0.6) is 0 Å². The van der Waals surface area contributed by atoms with Gasteiger partial charge >= 0.3 is 6.09 Å². The summed E-state index contributed by atoms with van der Waals surface area (Å²) in [5.41, 5.74) is 2.07. The Kier molecular flexibility index (Phi) is 3.79. The summed E-state index contributed by atoms with van der Waals surface area (Å²) in [4.78, 5) is 14.9. The Morgan fingerprint density at radius 3 is 2.44 bits per heavy atom. The Labute approximate surface area is 54.1 Å². The minimum atomic E-state index is -0.580. The molecule has 54 valence electrons. The normalized spacial score (nSPS) is 9.33. The zero-order valence-electron chi connectivity index (χ0n) is 5.80. The first kappa shape index (κ1) is 8.23. The van der Waals surface area contributed by atoms with Gasteiger partial charge in [0.1, 0.15) is 0 Å². The maximum Gasteiger partial charge on any atom is 0.431 e. The van der Waals surface area contributed by atoms with Crippen LogP contribution in [0.2, 0.25) is 0 Å². The third-order valence-electron chi connectivity index (χ3n) is 0.563. The molecule has 1 amide bonds. The van der Waals surface area contributed by atoms with E-state index in [2.05, 4.69) is 15.1 Å². The van der Waals surface area contributed by atoms with E-state index in [4.69, 9.17) is 0 Å². The van der Waals surface area contributed by atoms with Gasteiger partial charge in [-0.05, 0) is 13.8 Å². The average Bonchev–Trinajstić information content (AvgIpc) is 1.83. The van der Waals surface area contributed by atoms with Crippen LogP contribution in [0.1, 0.15) is 13.8 Å². The average molecular weight is 133 g/mol. The van der Waals surface area contributed by atoms with E-state index in [0.717, 1.165) is 0 Å². The molecule has 0 bridgehead atoms. The lowest BCUT2D eigenvalue weighted by Gasteiger charge is -2.05. The summed E-state index contributed by atoms with van der Waals surface area (Å²) in [7, 11) is 1.28. The summed E-state index contributed by atoms with van der Waals surface area (Å²) in [6, 6.07) is 0. The highest BCUT2D eigenvalue weighted by Crippen LogP contribution is 1.82. The summed E-state index contributed by atoms with van der Waals surface area (Å²) in [5, 5.41) is 0. The Morgan fingerprint density at radius 1 is 1.56 bits per heavy atom. The Balaban J connectivity index is 3.17. The second-order valence-electron chi connectivity index (χ2n) is 1.76. The molecule has 0 radical (unpaired) electrons. The lowest BCUT2D eigenvalue weighted by molar-refractivity contribution is -0.00213. The first-order chi connectivity index (χ1) is 4.16. The second-order valence-corrected chi connectivity index (χ2v) is 1.76. The molecule has 9 heavy (non-hydrogen) atoms. The molecule has 0 atom stereocenters. The van der Waals surface area contributed by atoms with Gasteiger partial charge in [0, 0.05) is 0 Å². The fraction of sp³-hybridized carbons (Fsp3) is 0.800. The number of methoxy groups -OCH3 is 1. The smallest absolute Gasteiger partial charge is 0.431 e. The van der Waals surface area contributed by atoms with Crippen molar-refractivity contribution in [1.29, 1.82) is 0 Å². The largest absolute Gasteiger partial charge is 0.451 e. The molecule has 1 N–H and O–H groups in total. The number of hydrogen-bond acceptors (Lipinski definition) is 3. The minimum absolute atomic E-state index is 0.0240. The first-order valence-electron chi connectivity index (χ1n) is 2.66. The molecule has 0 aliphatic rings. The van der Waals surface area contributed by atoms with Crippen molar-refractivity contribution < 1.29 is 14.4 Å². The van der Waals surface area contributed by atoms with Crippen molar-refractivity contribution in [1.82, 2.24) is 5.48 Å². The van der Waals surface area contributed by atoms with E-state index in [9.17, 15) is 4.79 Å². The van der Waals surface area contributed by atoms with Crippen LogP contribution in [0, 0.1) is 0 Å². The number of rotatable bonds is 2. The molecule has 4 heteroatoms. The van der Waals surface area contributed by atoms with Crippen molar-refractivity contribution in [3.05, 3.63) is 0 Å². The quantitative estimate of drug-likeness (QED) is 0.563. The Morgan fingerprint density at radius 2 is 2.11 bits per heavy atom. The van der Waals surface area contributed by atoms with Gasteiger partial charge in [0.2, 0.25) is 0 Å². The van der Waals surface area contributed by atoms with Crippen LogP contribution in [-0.4, -0.2) is 19.3 Å². The van der Waals surface area contributed by atoms with Gasteiger partial charge in [-0.2, -0.15) is 5.48 Å². The van der Waals surface area contributed by atoms with Crippen LogP contribution < -0.4 is 5.48 Å². The van der Waals surface area contributed by atoms with Crippen molar-refractivity contribution in [3.8, 4) is 0 Å². The van der Waals surface area contributed by atoms with Crippen LogP contribution in [0.4, 0.5) is 4.79 Å². The number of hydrogen-bond donors (Lipinski definition) is 1. The zero-order chi connectivity index (χ0) is 7.28. The number of ether oxygens (including phenoxy) is 1. The molecule has 0 spiro atoms. The second kappa shape index (κ2) is 4.14. The van der Waals surface area contributed by atoms with Crippen molar-refractivity contribution in [2.75, 3.05) is 7.11 Å². The lowest BCUT2D eigenvalue weighted by Crippen LogP contribution is -2.26. The lowest BCUT2D eigenvalue weighted by atomic mass is 10.5. The standard InChI is InChI=1S/C5H11NO3/c1-4(2)9-6-5(7)8-3/h4H,1-3H3,(H,6,7). The molecule has 0 unspecified atom stereocenters. The molecule has 0 fully saturated rings. The van der Waals surface area contributed by atoms with Gasteiger partial charge in [-0.1, -0.05) is 0 Å². The number of amides is 1. The van der Waals surface area contributed by atoms with E-state index in [1.54, 1.807) is 13.8 Å². The molecule has 0 saturated carbocycles. The van der Waals surface area contributed by atoms with E-state index in [1.165, 1.54) is 7.11 Å². The molecule has 0 aromatic carbocycles. The summed E-state index contributed by atoms with van der Waals surface area (Å²) in [6.45, 7) is 3.60.